The molecule has 2 bridgehead atoms. The lowest BCUT2D eigenvalue weighted by Crippen LogP contribution is -2.45. The van der Waals surface area contributed by atoms with Gasteiger partial charge in [0.1, 0.15) is 0 Å². The fourth-order valence-corrected chi connectivity index (χ4v) is 3.73. The van der Waals surface area contributed by atoms with Gasteiger partial charge >= 0.3 is 6.03 Å². The average molecular weight is 244 g/mol. The summed E-state index contributed by atoms with van der Waals surface area (Å²) in [7, 11) is 0. The van der Waals surface area contributed by atoms with Gasteiger partial charge in [-0.05, 0) is 36.7 Å². The van der Waals surface area contributed by atoms with E-state index >= 15 is 0 Å². The summed E-state index contributed by atoms with van der Waals surface area (Å²) in [5, 5.41) is 0. The van der Waals surface area contributed by atoms with Gasteiger partial charge in [-0.15, -0.1) is 0 Å². The number of nitrogens with zero attached hydrogens (tertiary/aromatic N) is 1. The van der Waals surface area contributed by atoms with E-state index in [0.29, 0.717) is 18.5 Å². The number of urea groups is 1. The third-order valence-electron chi connectivity index (χ3n) is 4.58. The number of benzene rings is 1. The summed E-state index contributed by atoms with van der Waals surface area (Å²) in [4.78, 5) is 13.6. The van der Waals surface area contributed by atoms with Crippen molar-refractivity contribution < 1.29 is 4.79 Å². The van der Waals surface area contributed by atoms with Crippen molar-refractivity contribution in [2.24, 2.45) is 17.6 Å². The Hall–Kier alpha value is -1.51. The first kappa shape index (κ1) is 11.6. The molecule has 1 aromatic carbocycles. The van der Waals surface area contributed by atoms with Gasteiger partial charge in [0.05, 0.1) is 0 Å². The molecule has 0 spiro atoms. The number of amides is 2. The standard InChI is InChI=1S/C15H20N2O/c16-15(18)17(10-11-4-2-1-3-5-11)14-9-12-6-7-13(14)8-12/h1-5,12-14H,6-10H2,(H2,16,18). The molecule has 0 saturated heterocycles. The highest BCUT2D eigenvalue weighted by Gasteiger charge is 2.43. The van der Waals surface area contributed by atoms with Crippen LogP contribution in [0.3, 0.4) is 0 Å². The molecule has 0 aromatic heterocycles. The normalized spacial score (nSPS) is 29.4. The zero-order valence-corrected chi connectivity index (χ0v) is 10.6. The van der Waals surface area contributed by atoms with Gasteiger partial charge in [0, 0.05) is 12.6 Å². The molecular weight excluding hydrogens is 224 g/mol. The molecule has 0 radical (unpaired) electrons. The van der Waals surface area contributed by atoms with Crippen LogP contribution in [0, 0.1) is 11.8 Å². The first-order chi connectivity index (χ1) is 8.74. The van der Waals surface area contributed by atoms with Crippen LogP contribution in [-0.4, -0.2) is 17.0 Å². The van der Waals surface area contributed by atoms with Crippen molar-refractivity contribution in [2.75, 3.05) is 0 Å². The van der Waals surface area contributed by atoms with Gasteiger partial charge in [-0.1, -0.05) is 36.8 Å². The van der Waals surface area contributed by atoms with Crippen molar-refractivity contribution in [1.82, 2.24) is 4.90 Å². The first-order valence-corrected chi connectivity index (χ1v) is 6.84. The molecule has 2 N–H and O–H groups in total. The molecule has 2 fully saturated rings. The van der Waals surface area contributed by atoms with Gasteiger partial charge < -0.3 is 10.6 Å². The van der Waals surface area contributed by atoms with Gasteiger partial charge in [-0.25, -0.2) is 4.79 Å². The van der Waals surface area contributed by atoms with Crippen LogP contribution in [-0.2, 0) is 6.54 Å². The summed E-state index contributed by atoms with van der Waals surface area (Å²) in [6.45, 7) is 0.657. The van der Waals surface area contributed by atoms with Crippen LogP contribution >= 0.6 is 0 Å². The van der Waals surface area contributed by atoms with Gasteiger partial charge in [0.15, 0.2) is 0 Å². The molecule has 3 heteroatoms. The Kier molecular flexibility index (Phi) is 2.98. The number of nitrogens with two attached hydrogens (primary N) is 1. The van der Waals surface area contributed by atoms with Crippen molar-refractivity contribution in [3.8, 4) is 0 Å². The Morgan fingerprint density at radius 1 is 1.22 bits per heavy atom. The van der Waals surface area contributed by atoms with Crippen molar-refractivity contribution in [3.63, 3.8) is 0 Å². The summed E-state index contributed by atoms with van der Waals surface area (Å²) < 4.78 is 0. The molecule has 3 nitrogen and oxygen atoms in total. The second kappa shape index (κ2) is 4.63. The van der Waals surface area contributed by atoms with E-state index in [1.807, 2.05) is 23.1 Å². The number of carbonyl (C=O) groups excluding carboxylic acids is 1. The van der Waals surface area contributed by atoms with E-state index in [9.17, 15) is 4.79 Å². The maximum absolute atomic E-state index is 11.7. The maximum atomic E-state index is 11.7. The molecule has 1 aromatic rings. The number of hydrogen-bond donors (Lipinski definition) is 1. The lowest BCUT2D eigenvalue weighted by Gasteiger charge is -2.33. The topological polar surface area (TPSA) is 46.3 Å². The van der Waals surface area contributed by atoms with Crippen LogP contribution in [0.1, 0.15) is 31.2 Å². The van der Waals surface area contributed by atoms with Crippen molar-refractivity contribution >= 4 is 6.03 Å². The van der Waals surface area contributed by atoms with Crippen LogP contribution in [0.15, 0.2) is 30.3 Å². The molecule has 96 valence electrons. The molecule has 2 aliphatic carbocycles. The minimum atomic E-state index is -0.267. The molecular formula is C15H20N2O. The largest absolute Gasteiger partial charge is 0.351 e. The van der Waals surface area contributed by atoms with Gasteiger partial charge in [0.25, 0.3) is 0 Å². The second-order valence-electron chi connectivity index (χ2n) is 5.69. The zero-order valence-electron chi connectivity index (χ0n) is 10.6. The van der Waals surface area contributed by atoms with Gasteiger partial charge in [0.2, 0.25) is 0 Å². The average Bonchev–Trinajstić information content (AvgIpc) is 2.99. The zero-order chi connectivity index (χ0) is 12.5. The summed E-state index contributed by atoms with van der Waals surface area (Å²) in [6.07, 6.45) is 5.07. The quantitative estimate of drug-likeness (QED) is 0.873. The van der Waals surface area contributed by atoms with Gasteiger partial charge in [-0.3, -0.25) is 0 Å². The Labute approximate surface area is 108 Å². The van der Waals surface area contributed by atoms with Gasteiger partial charge in [-0.2, -0.15) is 0 Å². The lowest BCUT2D eigenvalue weighted by atomic mass is 9.94. The van der Waals surface area contributed by atoms with E-state index in [4.69, 9.17) is 5.73 Å². The molecule has 18 heavy (non-hydrogen) atoms. The summed E-state index contributed by atoms with van der Waals surface area (Å²) in [5.41, 5.74) is 6.75. The van der Waals surface area contributed by atoms with Crippen LogP contribution < -0.4 is 5.73 Å². The van der Waals surface area contributed by atoms with Crippen molar-refractivity contribution in [3.05, 3.63) is 35.9 Å². The number of primary amides is 1. The Morgan fingerprint density at radius 2 is 2.00 bits per heavy atom. The monoisotopic (exact) mass is 244 g/mol. The molecule has 3 unspecified atom stereocenters. The number of fused-ring (bicyclic) bond motifs is 2. The molecule has 3 rings (SSSR count). The van der Waals surface area contributed by atoms with E-state index in [0.717, 1.165) is 12.3 Å². The summed E-state index contributed by atoms with van der Waals surface area (Å²) in [5.74, 6) is 1.52. The van der Waals surface area contributed by atoms with Crippen molar-refractivity contribution in [2.45, 2.75) is 38.3 Å². The summed E-state index contributed by atoms with van der Waals surface area (Å²) in [6, 6.07) is 10.2. The first-order valence-electron chi connectivity index (χ1n) is 6.84. The van der Waals surface area contributed by atoms with Crippen molar-refractivity contribution in [1.29, 1.82) is 0 Å². The predicted octanol–water partition coefficient (Wildman–Crippen LogP) is 2.76. The fourth-order valence-electron chi connectivity index (χ4n) is 3.73. The molecule has 0 aliphatic heterocycles. The Bertz CT molecular complexity index is 431. The van der Waals surface area contributed by atoms with E-state index in [-0.39, 0.29) is 6.03 Å². The maximum Gasteiger partial charge on any atom is 0.315 e. The molecule has 3 atom stereocenters. The van der Waals surface area contributed by atoms with E-state index in [1.54, 1.807) is 0 Å². The smallest absolute Gasteiger partial charge is 0.315 e. The van der Waals surface area contributed by atoms with E-state index in [1.165, 1.54) is 24.8 Å². The fraction of sp³-hybridized carbons (Fsp3) is 0.533. The molecule has 2 saturated carbocycles. The molecule has 0 heterocycles. The highest BCUT2D eigenvalue weighted by molar-refractivity contribution is 5.72. The number of carbonyl (C=O) groups is 1. The minimum absolute atomic E-state index is 0.267. The van der Waals surface area contributed by atoms with Crippen LogP contribution in [0.25, 0.3) is 0 Å². The number of hydrogen-bond acceptors (Lipinski definition) is 1. The lowest BCUT2D eigenvalue weighted by molar-refractivity contribution is 0.150. The Morgan fingerprint density at radius 3 is 2.56 bits per heavy atom. The third kappa shape index (κ3) is 2.09. The molecule has 2 aliphatic rings. The second-order valence-corrected chi connectivity index (χ2v) is 5.69. The SMILES string of the molecule is NC(=O)N(Cc1ccccc1)C1CC2CCC1C2. The predicted molar refractivity (Wildman–Crippen MR) is 70.8 cm³/mol. The van der Waals surface area contributed by atoms with E-state index in [2.05, 4.69) is 12.1 Å². The molecule has 2 amide bonds. The van der Waals surface area contributed by atoms with Crippen LogP contribution in [0.4, 0.5) is 4.79 Å². The third-order valence-corrected chi connectivity index (χ3v) is 4.58. The highest BCUT2D eigenvalue weighted by atomic mass is 16.2. The highest BCUT2D eigenvalue weighted by Crippen LogP contribution is 2.46. The Balaban J connectivity index is 1.75. The number of rotatable bonds is 3. The van der Waals surface area contributed by atoms with Crippen LogP contribution in [0.2, 0.25) is 0 Å². The minimum Gasteiger partial charge on any atom is -0.351 e. The van der Waals surface area contributed by atoms with E-state index < -0.39 is 0 Å². The van der Waals surface area contributed by atoms with Crippen LogP contribution in [0.5, 0.6) is 0 Å². The summed E-state index contributed by atoms with van der Waals surface area (Å²) >= 11 is 0.